The Bertz CT molecular complexity index is 463. The third-order valence-electron chi connectivity index (χ3n) is 2.36. The molecule has 0 spiro atoms. The molecule has 1 aromatic carbocycles. The second-order valence-electron chi connectivity index (χ2n) is 3.83. The van der Waals surface area contributed by atoms with Gasteiger partial charge in [0.1, 0.15) is 0 Å². The van der Waals surface area contributed by atoms with Crippen molar-refractivity contribution in [3.8, 4) is 0 Å². The van der Waals surface area contributed by atoms with Crippen molar-refractivity contribution in [3.63, 3.8) is 0 Å². The first-order chi connectivity index (χ1) is 8.83. The Labute approximate surface area is 113 Å². The standard InChI is InChI=1S/C11H13ClF3N3O/c12-9-5-7(10(16)18-19)1-2-8(9)6-17-4-3-11(13,14)15/h1-2,5,17,19H,3-4,6H2,(H2,16,18). The normalized spacial score (nSPS) is 12.7. The molecular weight excluding hydrogens is 283 g/mol. The molecule has 0 aliphatic rings. The summed E-state index contributed by atoms with van der Waals surface area (Å²) in [5, 5.41) is 14.3. The fraction of sp³-hybridized carbons (Fsp3) is 0.364. The van der Waals surface area contributed by atoms with Gasteiger partial charge in [0, 0.05) is 23.7 Å². The minimum absolute atomic E-state index is 0.0847. The van der Waals surface area contributed by atoms with Crippen molar-refractivity contribution in [2.45, 2.75) is 19.1 Å². The second-order valence-corrected chi connectivity index (χ2v) is 4.24. The van der Waals surface area contributed by atoms with Gasteiger partial charge in [-0.15, -0.1) is 0 Å². The predicted molar refractivity (Wildman–Crippen MR) is 66.3 cm³/mol. The smallest absolute Gasteiger partial charge is 0.390 e. The Morgan fingerprint density at radius 1 is 1.42 bits per heavy atom. The van der Waals surface area contributed by atoms with Gasteiger partial charge in [-0.05, 0) is 11.6 Å². The average Bonchev–Trinajstić information content (AvgIpc) is 2.33. The van der Waals surface area contributed by atoms with Gasteiger partial charge < -0.3 is 16.3 Å². The van der Waals surface area contributed by atoms with Crippen molar-refractivity contribution in [1.29, 1.82) is 0 Å². The molecule has 0 amide bonds. The summed E-state index contributed by atoms with van der Waals surface area (Å²) in [5.41, 5.74) is 6.46. The Morgan fingerprint density at radius 2 is 2.11 bits per heavy atom. The molecule has 0 radical (unpaired) electrons. The molecule has 0 aliphatic heterocycles. The summed E-state index contributed by atoms with van der Waals surface area (Å²) in [6.45, 7) is 0.0349. The van der Waals surface area contributed by atoms with E-state index in [2.05, 4.69) is 10.5 Å². The summed E-state index contributed by atoms with van der Waals surface area (Å²) in [5.74, 6) is -0.0847. The minimum Gasteiger partial charge on any atom is -0.409 e. The number of halogens is 4. The summed E-state index contributed by atoms with van der Waals surface area (Å²) < 4.78 is 35.8. The van der Waals surface area contributed by atoms with E-state index in [4.69, 9.17) is 22.5 Å². The van der Waals surface area contributed by atoms with Crippen LogP contribution in [0.15, 0.2) is 23.4 Å². The molecule has 19 heavy (non-hydrogen) atoms. The Hall–Kier alpha value is -1.47. The van der Waals surface area contributed by atoms with E-state index in [0.717, 1.165) is 0 Å². The minimum atomic E-state index is -4.17. The van der Waals surface area contributed by atoms with Crippen LogP contribution in [0.4, 0.5) is 13.2 Å². The quantitative estimate of drug-likeness (QED) is 0.257. The van der Waals surface area contributed by atoms with Gasteiger partial charge in [-0.25, -0.2) is 0 Å². The highest BCUT2D eigenvalue weighted by Gasteiger charge is 2.25. The Kier molecular flexibility index (Phi) is 5.44. The highest BCUT2D eigenvalue weighted by Crippen LogP contribution is 2.20. The summed E-state index contributed by atoms with van der Waals surface area (Å²) in [4.78, 5) is 0. The number of alkyl halides is 3. The predicted octanol–water partition coefficient (Wildman–Crippen LogP) is 2.48. The van der Waals surface area contributed by atoms with Gasteiger partial charge in [0.2, 0.25) is 0 Å². The van der Waals surface area contributed by atoms with Crippen LogP contribution in [0.25, 0.3) is 0 Å². The van der Waals surface area contributed by atoms with Crippen LogP contribution in [0.1, 0.15) is 17.5 Å². The van der Waals surface area contributed by atoms with Crippen LogP contribution in [0.2, 0.25) is 5.02 Å². The van der Waals surface area contributed by atoms with Crippen LogP contribution >= 0.6 is 11.6 Å². The lowest BCUT2D eigenvalue weighted by Crippen LogP contribution is -2.21. The van der Waals surface area contributed by atoms with E-state index in [-0.39, 0.29) is 18.9 Å². The maximum absolute atomic E-state index is 11.9. The molecule has 0 saturated heterocycles. The number of nitrogens with two attached hydrogens (primary N) is 1. The Balaban J connectivity index is 2.56. The van der Waals surface area contributed by atoms with Gasteiger partial charge in [0.15, 0.2) is 5.84 Å². The maximum Gasteiger partial charge on any atom is 0.390 e. The van der Waals surface area contributed by atoms with Crippen molar-refractivity contribution >= 4 is 17.4 Å². The Morgan fingerprint density at radius 3 is 2.63 bits per heavy atom. The molecule has 0 aromatic heterocycles. The summed E-state index contributed by atoms with van der Waals surface area (Å²) in [6, 6.07) is 4.66. The van der Waals surface area contributed by atoms with Crippen LogP contribution in [0.3, 0.4) is 0 Å². The zero-order chi connectivity index (χ0) is 14.5. The van der Waals surface area contributed by atoms with Gasteiger partial charge in [0.05, 0.1) is 6.42 Å². The van der Waals surface area contributed by atoms with Gasteiger partial charge in [-0.1, -0.05) is 28.9 Å². The van der Waals surface area contributed by atoms with E-state index in [1.165, 1.54) is 6.07 Å². The molecule has 4 nitrogen and oxygen atoms in total. The average molecular weight is 296 g/mol. The van der Waals surface area contributed by atoms with Crippen LogP contribution in [0.5, 0.6) is 0 Å². The lowest BCUT2D eigenvalue weighted by atomic mass is 10.1. The first kappa shape index (κ1) is 15.6. The van der Waals surface area contributed by atoms with Crippen LogP contribution < -0.4 is 11.1 Å². The van der Waals surface area contributed by atoms with Crippen molar-refractivity contribution < 1.29 is 18.4 Å². The molecule has 0 saturated carbocycles. The van der Waals surface area contributed by atoms with Gasteiger partial charge in [0.25, 0.3) is 0 Å². The highest BCUT2D eigenvalue weighted by atomic mass is 35.5. The number of hydrogen-bond donors (Lipinski definition) is 3. The molecule has 0 unspecified atom stereocenters. The number of nitrogens with one attached hydrogen (secondary N) is 1. The number of rotatable bonds is 5. The number of hydrogen-bond acceptors (Lipinski definition) is 3. The summed E-state index contributed by atoms with van der Waals surface area (Å²) >= 11 is 5.94. The topological polar surface area (TPSA) is 70.6 Å². The van der Waals surface area contributed by atoms with Crippen LogP contribution in [-0.2, 0) is 6.54 Å². The van der Waals surface area contributed by atoms with Crippen molar-refractivity contribution in [2.75, 3.05) is 6.54 Å². The van der Waals surface area contributed by atoms with Crippen LogP contribution in [-0.4, -0.2) is 23.8 Å². The molecule has 0 aliphatic carbocycles. The van der Waals surface area contributed by atoms with Gasteiger partial charge in [-0.3, -0.25) is 0 Å². The lowest BCUT2D eigenvalue weighted by molar-refractivity contribution is -0.133. The van der Waals surface area contributed by atoms with E-state index < -0.39 is 12.6 Å². The van der Waals surface area contributed by atoms with Gasteiger partial charge in [-0.2, -0.15) is 13.2 Å². The third-order valence-corrected chi connectivity index (χ3v) is 2.71. The summed E-state index contributed by atoms with van der Waals surface area (Å²) in [7, 11) is 0. The SMILES string of the molecule is N/C(=N/O)c1ccc(CNCCC(F)(F)F)c(Cl)c1. The van der Waals surface area contributed by atoms with Crippen LogP contribution in [0, 0.1) is 0 Å². The first-order valence-electron chi connectivity index (χ1n) is 5.37. The molecule has 0 atom stereocenters. The largest absolute Gasteiger partial charge is 0.409 e. The fourth-order valence-electron chi connectivity index (χ4n) is 1.36. The highest BCUT2D eigenvalue weighted by molar-refractivity contribution is 6.31. The second kappa shape index (κ2) is 6.63. The van der Waals surface area contributed by atoms with E-state index in [0.29, 0.717) is 16.1 Å². The number of amidine groups is 1. The van der Waals surface area contributed by atoms with E-state index in [1.807, 2.05) is 0 Å². The first-order valence-corrected chi connectivity index (χ1v) is 5.75. The van der Waals surface area contributed by atoms with Crippen molar-refractivity contribution in [3.05, 3.63) is 34.3 Å². The fourth-order valence-corrected chi connectivity index (χ4v) is 1.61. The number of oxime groups is 1. The molecule has 1 rings (SSSR count). The number of nitrogens with zero attached hydrogens (tertiary/aromatic N) is 1. The molecule has 8 heteroatoms. The van der Waals surface area contributed by atoms with E-state index in [9.17, 15) is 13.2 Å². The monoisotopic (exact) mass is 295 g/mol. The zero-order valence-electron chi connectivity index (χ0n) is 9.84. The summed E-state index contributed by atoms with van der Waals surface area (Å²) in [6.07, 6.45) is -5.07. The van der Waals surface area contributed by atoms with Crippen molar-refractivity contribution in [2.24, 2.45) is 10.9 Å². The number of benzene rings is 1. The molecule has 0 heterocycles. The van der Waals surface area contributed by atoms with E-state index in [1.54, 1.807) is 12.1 Å². The third kappa shape index (κ3) is 5.35. The lowest BCUT2D eigenvalue weighted by Gasteiger charge is -2.09. The molecule has 0 fully saturated rings. The molecular formula is C11H13ClF3N3O. The molecule has 0 bridgehead atoms. The van der Waals surface area contributed by atoms with Crippen molar-refractivity contribution in [1.82, 2.24) is 5.32 Å². The van der Waals surface area contributed by atoms with Gasteiger partial charge >= 0.3 is 6.18 Å². The molecule has 1 aromatic rings. The zero-order valence-corrected chi connectivity index (χ0v) is 10.6. The maximum atomic E-state index is 11.9. The molecule has 106 valence electrons. The molecule has 4 N–H and O–H groups in total. The van der Waals surface area contributed by atoms with E-state index >= 15 is 0 Å².